The number of nitrogens with zero attached hydrogens (tertiary/aromatic N) is 4. The van der Waals surface area contributed by atoms with Crippen LogP contribution in [0.2, 0.25) is 5.02 Å². The van der Waals surface area contributed by atoms with Gasteiger partial charge in [-0.15, -0.1) is 5.10 Å². The van der Waals surface area contributed by atoms with Gasteiger partial charge in [-0.05, 0) is 41.8 Å². The van der Waals surface area contributed by atoms with Crippen LogP contribution in [0.1, 0.15) is 19.3 Å². The highest BCUT2D eigenvalue weighted by Crippen LogP contribution is 2.31. The molecule has 1 aliphatic heterocycles. The number of halogens is 1. The van der Waals surface area contributed by atoms with Crippen LogP contribution in [0.3, 0.4) is 0 Å². The van der Waals surface area contributed by atoms with Gasteiger partial charge in [-0.1, -0.05) is 17.7 Å². The third-order valence-electron chi connectivity index (χ3n) is 3.45. The SMILES string of the molecule is Nc1cccc(Cl)c1-c1nnnn1CC1CCCCO1. The van der Waals surface area contributed by atoms with E-state index in [1.54, 1.807) is 22.9 Å². The van der Waals surface area contributed by atoms with Crippen molar-refractivity contribution < 1.29 is 4.74 Å². The van der Waals surface area contributed by atoms with Gasteiger partial charge < -0.3 is 10.5 Å². The first kappa shape index (κ1) is 13.3. The second kappa shape index (κ2) is 5.76. The predicted molar refractivity (Wildman–Crippen MR) is 76.3 cm³/mol. The Balaban J connectivity index is 1.89. The Morgan fingerprint density at radius 2 is 2.30 bits per heavy atom. The third-order valence-corrected chi connectivity index (χ3v) is 3.77. The molecule has 7 heteroatoms. The Labute approximate surface area is 121 Å². The lowest BCUT2D eigenvalue weighted by molar-refractivity contribution is 0.00398. The molecule has 1 atom stereocenters. The van der Waals surface area contributed by atoms with Gasteiger partial charge in [-0.2, -0.15) is 0 Å². The van der Waals surface area contributed by atoms with Crippen molar-refractivity contribution in [2.45, 2.75) is 31.9 Å². The lowest BCUT2D eigenvalue weighted by Gasteiger charge is -2.22. The highest BCUT2D eigenvalue weighted by molar-refractivity contribution is 6.33. The fourth-order valence-electron chi connectivity index (χ4n) is 2.43. The zero-order valence-electron chi connectivity index (χ0n) is 11.0. The molecule has 20 heavy (non-hydrogen) atoms. The molecule has 0 radical (unpaired) electrons. The molecule has 1 aromatic heterocycles. The number of benzene rings is 1. The zero-order chi connectivity index (χ0) is 13.9. The van der Waals surface area contributed by atoms with Gasteiger partial charge in [0, 0.05) is 12.3 Å². The molecule has 2 N–H and O–H groups in total. The van der Waals surface area contributed by atoms with E-state index in [2.05, 4.69) is 15.5 Å². The Morgan fingerprint density at radius 3 is 3.05 bits per heavy atom. The van der Waals surface area contributed by atoms with E-state index in [9.17, 15) is 0 Å². The maximum absolute atomic E-state index is 6.22. The van der Waals surface area contributed by atoms with Gasteiger partial charge in [0.2, 0.25) is 0 Å². The smallest absolute Gasteiger partial charge is 0.185 e. The first-order valence-electron chi connectivity index (χ1n) is 6.68. The average molecular weight is 294 g/mol. The van der Waals surface area contributed by atoms with Gasteiger partial charge in [0.05, 0.1) is 23.2 Å². The number of nitrogen functional groups attached to an aromatic ring is 1. The maximum Gasteiger partial charge on any atom is 0.185 e. The molecule has 3 rings (SSSR count). The molecule has 1 saturated heterocycles. The van der Waals surface area contributed by atoms with Gasteiger partial charge in [0.15, 0.2) is 5.82 Å². The molecule has 2 heterocycles. The molecule has 0 saturated carbocycles. The van der Waals surface area contributed by atoms with E-state index in [0.29, 0.717) is 28.6 Å². The predicted octanol–water partition coefficient (Wildman–Crippen LogP) is 2.14. The van der Waals surface area contributed by atoms with Gasteiger partial charge in [-0.25, -0.2) is 4.68 Å². The normalized spacial score (nSPS) is 19.1. The molecule has 0 aliphatic carbocycles. The van der Waals surface area contributed by atoms with Crippen molar-refractivity contribution in [2.75, 3.05) is 12.3 Å². The number of aromatic nitrogens is 4. The van der Waals surface area contributed by atoms with E-state index < -0.39 is 0 Å². The molecule has 1 unspecified atom stereocenters. The summed E-state index contributed by atoms with van der Waals surface area (Å²) in [5.41, 5.74) is 7.23. The molecule has 6 nitrogen and oxygen atoms in total. The quantitative estimate of drug-likeness (QED) is 0.877. The van der Waals surface area contributed by atoms with Crippen LogP contribution in [0, 0.1) is 0 Å². The number of rotatable bonds is 3. The lowest BCUT2D eigenvalue weighted by Crippen LogP contribution is -2.25. The summed E-state index contributed by atoms with van der Waals surface area (Å²) in [6.45, 7) is 1.42. The fourth-order valence-corrected chi connectivity index (χ4v) is 2.69. The van der Waals surface area contributed by atoms with Crippen molar-refractivity contribution in [3.63, 3.8) is 0 Å². The van der Waals surface area contributed by atoms with Gasteiger partial charge >= 0.3 is 0 Å². The number of hydrogen-bond acceptors (Lipinski definition) is 5. The molecule has 106 valence electrons. The van der Waals surface area contributed by atoms with Crippen LogP contribution >= 0.6 is 11.6 Å². The van der Waals surface area contributed by atoms with Crippen LogP contribution in [-0.2, 0) is 11.3 Å². The number of hydrogen-bond donors (Lipinski definition) is 1. The third kappa shape index (κ3) is 2.62. The largest absolute Gasteiger partial charge is 0.398 e. The summed E-state index contributed by atoms with van der Waals surface area (Å²) >= 11 is 6.22. The minimum Gasteiger partial charge on any atom is -0.398 e. The summed E-state index contributed by atoms with van der Waals surface area (Å²) in [7, 11) is 0. The van der Waals surface area contributed by atoms with E-state index in [0.717, 1.165) is 19.4 Å². The summed E-state index contributed by atoms with van der Waals surface area (Å²) in [6.07, 6.45) is 3.47. The van der Waals surface area contributed by atoms with Crippen molar-refractivity contribution in [1.29, 1.82) is 0 Å². The van der Waals surface area contributed by atoms with Crippen LogP contribution in [0.4, 0.5) is 5.69 Å². The van der Waals surface area contributed by atoms with Gasteiger partial charge in [0.1, 0.15) is 0 Å². The van der Waals surface area contributed by atoms with E-state index in [1.165, 1.54) is 6.42 Å². The van der Waals surface area contributed by atoms with Crippen LogP contribution < -0.4 is 5.73 Å². The second-order valence-corrected chi connectivity index (χ2v) is 5.28. The molecule has 0 spiro atoms. The highest BCUT2D eigenvalue weighted by atomic mass is 35.5. The Kier molecular flexibility index (Phi) is 3.84. The van der Waals surface area contributed by atoms with E-state index in [1.807, 2.05) is 0 Å². The zero-order valence-corrected chi connectivity index (χ0v) is 11.8. The van der Waals surface area contributed by atoms with Crippen molar-refractivity contribution in [1.82, 2.24) is 20.2 Å². The minimum absolute atomic E-state index is 0.148. The van der Waals surface area contributed by atoms with Gasteiger partial charge in [0.25, 0.3) is 0 Å². The number of ether oxygens (including phenoxy) is 1. The van der Waals surface area contributed by atoms with E-state index in [-0.39, 0.29) is 6.10 Å². The summed E-state index contributed by atoms with van der Waals surface area (Å²) in [4.78, 5) is 0. The molecule has 1 aliphatic rings. The lowest BCUT2D eigenvalue weighted by atomic mass is 10.1. The molecule has 2 aromatic rings. The summed E-state index contributed by atoms with van der Waals surface area (Å²) in [6, 6.07) is 5.38. The van der Waals surface area contributed by atoms with E-state index in [4.69, 9.17) is 22.1 Å². The topological polar surface area (TPSA) is 78.9 Å². The van der Waals surface area contributed by atoms with E-state index >= 15 is 0 Å². The Hall–Kier alpha value is -1.66. The second-order valence-electron chi connectivity index (χ2n) is 4.88. The monoisotopic (exact) mass is 293 g/mol. The number of anilines is 1. The van der Waals surface area contributed by atoms with Crippen LogP contribution in [0.15, 0.2) is 18.2 Å². The summed E-state index contributed by atoms with van der Waals surface area (Å²) < 4.78 is 7.44. The van der Waals surface area contributed by atoms with Crippen LogP contribution in [0.25, 0.3) is 11.4 Å². The average Bonchev–Trinajstić information content (AvgIpc) is 2.88. The van der Waals surface area contributed by atoms with Crippen LogP contribution in [0.5, 0.6) is 0 Å². The Morgan fingerprint density at radius 1 is 1.40 bits per heavy atom. The molecular formula is C13H16ClN5O. The highest BCUT2D eigenvalue weighted by Gasteiger charge is 2.20. The standard InChI is InChI=1S/C13H16ClN5O/c14-10-5-3-6-11(15)12(10)13-16-17-18-19(13)8-9-4-1-2-7-20-9/h3,5-6,9H,1-2,4,7-8,15H2. The number of tetrazole rings is 1. The first-order chi connectivity index (χ1) is 9.75. The van der Waals surface area contributed by atoms with Crippen molar-refractivity contribution in [3.8, 4) is 11.4 Å². The maximum atomic E-state index is 6.22. The Bertz CT molecular complexity index is 574. The van der Waals surface area contributed by atoms with Crippen LogP contribution in [-0.4, -0.2) is 32.9 Å². The van der Waals surface area contributed by atoms with Crippen molar-refractivity contribution in [3.05, 3.63) is 23.2 Å². The number of nitrogens with two attached hydrogens (primary N) is 1. The molecular weight excluding hydrogens is 278 g/mol. The van der Waals surface area contributed by atoms with Gasteiger partial charge in [-0.3, -0.25) is 0 Å². The molecule has 0 amide bonds. The molecule has 1 aromatic carbocycles. The summed E-state index contributed by atoms with van der Waals surface area (Å²) in [5, 5.41) is 12.4. The molecule has 1 fully saturated rings. The van der Waals surface area contributed by atoms with Crippen molar-refractivity contribution in [2.24, 2.45) is 0 Å². The first-order valence-corrected chi connectivity index (χ1v) is 7.05. The fraction of sp³-hybridized carbons (Fsp3) is 0.462. The summed E-state index contributed by atoms with van der Waals surface area (Å²) in [5.74, 6) is 0.585. The van der Waals surface area contributed by atoms with Crippen molar-refractivity contribution >= 4 is 17.3 Å². The minimum atomic E-state index is 0.148. The molecule has 0 bridgehead atoms.